The lowest BCUT2D eigenvalue weighted by molar-refractivity contribution is 0.0981. The van der Waals surface area contributed by atoms with Gasteiger partial charge in [-0.3, -0.25) is 14.4 Å². The fourth-order valence-corrected chi connectivity index (χ4v) is 4.59. The average molecular weight is 502 g/mol. The molecule has 2 heterocycles. The van der Waals surface area contributed by atoms with Crippen LogP contribution < -0.4 is 4.90 Å². The van der Waals surface area contributed by atoms with E-state index in [0.29, 0.717) is 10.7 Å². The van der Waals surface area contributed by atoms with Crippen molar-refractivity contribution in [3.05, 3.63) is 93.0 Å². The summed E-state index contributed by atoms with van der Waals surface area (Å²) < 4.78 is 16.9. The van der Waals surface area contributed by atoms with Gasteiger partial charge in [0.15, 0.2) is 5.82 Å². The summed E-state index contributed by atoms with van der Waals surface area (Å²) in [4.78, 5) is 15.3. The van der Waals surface area contributed by atoms with Crippen LogP contribution in [0, 0.1) is 12.7 Å². The fraction of sp³-hybridized carbons (Fsp3) is 0.333. The first-order valence-electron chi connectivity index (χ1n) is 11.3. The van der Waals surface area contributed by atoms with Crippen molar-refractivity contribution in [3.63, 3.8) is 0 Å². The van der Waals surface area contributed by atoms with Gasteiger partial charge in [-0.15, -0.1) is 6.58 Å². The van der Waals surface area contributed by atoms with Crippen LogP contribution in [0.3, 0.4) is 0 Å². The van der Waals surface area contributed by atoms with E-state index in [4.69, 9.17) is 28.3 Å². The first-order valence-corrected chi connectivity index (χ1v) is 12.0. The van der Waals surface area contributed by atoms with Gasteiger partial charge < -0.3 is 0 Å². The molecule has 1 aromatic heterocycles. The number of hydrogen-bond donors (Lipinski definition) is 0. The van der Waals surface area contributed by atoms with Crippen molar-refractivity contribution in [1.29, 1.82) is 0 Å². The zero-order valence-corrected chi connectivity index (χ0v) is 21.9. The molecular formula is C27H30Cl2FN3O. The van der Waals surface area contributed by atoms with Crippen LogP contribution in [0.2, 0.25) is 10.0 Å². The Morgan fingerprint density at radius 1 is 1.15 bits per heavy atom. The Kier molecular flexibility index (Phi) is 7.89. The van der Waals surface area contributed by atoms with Gasteiger partial charge in [0.2, 0.25) is 0 Å². The summed E-state index contributed by atoms with van der Waals surface area (Å²) in [6.07, 6.45) is 1.75. The van der Waals surface area contributed by atoms with Crippen LogP contribution in [-0.2, 0) is 0 Å². The number of halogens is 3. The summed E-state index contributed by atoms with van der Waals surface area (Å²) in [7, 11) is 0. The van der Waals surface area contributed by atoms with Crippen molar-refractivity contribution >= 4 is 34.8 Å². The smallest absolute Gasteiger partial charge is 0.277 e. The summed E-state index contributed by atoms with van der Waals surface area (Å²) in [5.74, 6) is -0.844. The summed E-state index contributed by atoms with van der Waals surface area (Å²) >= 11 is 12.4. The third-order valence-corrected chi connectivity index (χ3v) is 6.22. The second-order valence-corrected chi connectivity index (χ2v) is 9.74. The minimum Gasteiger partial charge on any atom is -0.292 e. The van der Waals surface area contributed by atoms with Gasteiger partial charge in [-0.05, 0) is 69.0 Å². The molecule has 0 bridgehead atoms. The summed E-state index contributed by atoms with van der Waals surface area (Å²) in [5.41, 5.74) is 4.05. The average Bonchev–Trinajstić information content (AvgIpc) is 3.29. The molecule has 4 nitrogen and oxygen atoms in total. The molecule has 4 rings (SSSR count). The number of rotatable bonds is 4. The van der Waals surface area contributed by atoms with Gasteiger partial charge in [-0.1, -0.05) is 55.3 Å². The molecule has 1 amide bonds. The molecular weight excluding hydrogens is 472 g/mol. The van der Waals surface area contributed by atoms with Gasteiger partial charge in [0.05, 0.1) is 22.4 Å². The lowest BCUT2D eigenvalue weighted by Crippen LogP contribution is -2.32. The maximum atomic E-state index is 15.2. The largest absolute Gasteiger partial charge is 0.292 e. The number of benzene rings is 2. The number of fused-ring (bicyclic) bond motifs is 1. The van der Waals surface area contributed by atoms with Crippen LogP contribution in [0.1, 0.15) is 85.5 Å². The highest BCUT2D eigenvalue weighted by molar-refractivity contribution is 6.31. The third-order valence-electron chi connectivity index (χ3n) is 5.69. The number of anilines is 1. The molecule has 0 spiro atoms. The third kappa shape index (κ3) is 4.51. The molecule has 180 valence electrons. The molecule has 0 radical (unpaired) electrons. The fourth-order valence-electron chi connectivity index (χ4n) is 4.24. The molecule has 1 unspecified atom stereocenters. The van der Waals surface area contributed by atoms with Gasteiger partial charge in [-0.25, -0.2) is 4.39 Å². The predicted molar refractivity (Wildman–Crippen MR) is 139 cm³/mol. The number of carbonyl (C=O) groups excluding carboxylic acids is 1. The number of allylic oxidation sites excluding steroid dienone is 1. The molecule has 0 saturated carbocycles. The normalized spacial score (nSPS) is 15.0. The standard InChI is InChI=1S/C24H24Cl2FN3O.C3H6/c1-12(2)21-19-22(16-11-15(25)10-9-14(16)5)29(18-8-6-7-17(26)20(18)27)24(31)23(19)30(28-21)13(3)4;1-3-2/h6-13,22H,1-5H3;3H,1H2,2H3. The maximum Gasteiger partial charge on any atom is 0.277 e. The number of hydrogen-bond acceptors (Lipinski definition) is 2. The van der Waals surface area contributed by atoms with Crippen LogP contribution >= 0.6 is 23.2 Å². The Labute approximate surface area is 211 Å². The van der Waals surface area contributed by atoms with Crippen LogP contribution in [0.4, 0.5) is 10.1 Å². The second kappa shape index (κ2) is 10.3. The molecule has 0 N–H and O–H groups in total. The Morgan fingerprint density at radius 2 is 1.79 bits per heavy atom. The summed E-state index contributed by atoms with van der Waals surface area (Å²) in [6.45, 7) is 15.3. The molecule has 34 heavy (non-hydrogen) atoms. The van der Waals surface area contributed by atoms with Crippen LogP contribution in [0.15, 0.2) is 49.1 Å². The molecule has 1 aliphatic rings. The Morgan fingerprint density at radius 3 is 2.38 bits per heavy atom. The lowest BCUT2D eigenvalue weighted by Gasteiger charge is -2.28. The highest BCUT2D eigenvalue weighted by Crippen LogP contribution is 2.47. The molecule has 2 aromatic carbocycles. The number of carbonyl (C=O) groups is 1. The van der Waals surface area contributed by atoms with E-state index >= 15 is 4.39 Å². The lowest BCUT2D eigenvalue weighted by atomic mass is 9.92. The first kappa shape index (κ1) is 26.0. The Hall–Kier alpha value is -2.63. The highest BCUT2D eigenvalue weighted by Gasteiger charge is 2.46. The second-order valence-electron chi connectivity index (χ2n) is 8.90. The van der Waals surface area contributed by atoms with Gasteiger partial charge in [0, 0.05) is 16.6 Å². The van der Waals surface area contributed by atoms with Crippen molar-refractivity contribution in [2.24, 2.45) is 0 Å². The highest BCUT2D eigenvalue weighted by atomic mass is 35.5. The van der Waals surface area contributed by atoms with Crippen molar-refractivity contribution in [3.8, 4) is 0 Å². The Balaban J connectivity index is 0.00000103. The zero-order valence-electron chi connectivity index (χ0n) is 20.4. The van der Waals surface area contributed by atoms with E-state index in [-0.39, 0.29) is 28.6 Å². The van der Waals surface area contributed by atoms with E-state index in [1.807, 2.05) is 59.7 Å². The molecule has 0 fully saturated rings. The number of amides is 1. The first-order chi connectivity index (χ1) is 16.0. The SMILES string of the molecule is C=CC.Cc1ccc(Cl)cc1C1c2c(C(C)C)nn(C(C)C)c2C(=O)N1c1cccc(Cl)c1F. The minimum absolute atomic E-state index is 0.0302. The number of nitrogens with zero attached hydrogens (tertiary/aromatic N) is 3. The van der Waals surface area contributed by atoms with E-state index in [0.717, 1.165) is 22.4 Å². The van der Waals surface area contributed by atoms with Crippen molar-refractivity contribution in [2.75, 3.05) is 4.90 Å². The molecule has 1 aliphatic heterocycles. The molecule has 3 aromatic rings. The van der Waals surface area contributed by atoms with E-state index in [9.17, 15) is 4.79 Å². The van der Waals surface area contributed by atoms with Crippen LogP contribution in [0.5, 0.6) is 0 Å². The van der Waals surface area contributed by atoms with Gasteiger partial charge in [0.1, 0.15) is 5.69 Å². The molecule has 7 heteroatoms. The van der Waals surface area contributed by atoms with Crippen LogP contribution in [0.25, 0.3) is 0 Å². The molecule has 0 saturated heterocycles. The predicted octanol–water partition coefficient (Wildman–Crippen LogP) is 8.28. The Bertz CT molecular complexity index is 1230. The van der Waals surface area contributed by atoms with Crippen molar-refractivity contribution in [1.82, 2.24) is 9.78 Å². The molecule has 1 atom stereocenters. The van der Waals surface area contributed by atoms with Crippen molar-refractivity contribution < 1.29 is 9.18 Å². The van der Waals surface area contributed by atoms with Gasteiger partial charge in [-0.2, -0.15) is 5.10 Å². The number of aromatic nitrogens is 2. The van der Waals surface area contributed by atoms with Crippen LogP contribution in [-0.4, -0.2) is 15.7 Å². The maximum absolute atomic E-state index is 15.2. The van der Waals surface area contributed by atoms with Crippen molar-refractivity contribution in [2.45, 2.75) is 59.5 Å². The monoisotopic (exact) mass is 501 g/mol. The zero-order chi connectivity index (χ0) is 25.3. The van der Waals surface area contributed by atoms with E-state index in [2.05, 4.69) is 6.58 Å². The van der Waals surface area contributed by atoms with Gasteiger partial charge >= 0.3 is 0 Å². The number of aryl methyl sites for hydroxylation is 1. The molecule has 0 aliphatic carbocycles. The van der Waals surface area contributed by atoms with E-state index < -0.39 is 11.9 Å². The topological polar surface area (TPSA) is 38.1 Å². The summed E-state index contributed by atoms with van der Waals surface area (Å²) in [6, 6.07) is 9.68. The van der Waals surface area contributed by atoms with Gasteiger partial charge in [0.25, 0.3) is 5.91 Å². The quantitative estimate of drug-likeness (QED) is 0.337. The van der Waals surface area contributed by atoms with E-state index in [1.54, 1.807) is 22.9 Å². The minimum atomic E-state index is -0.623. The summed E-state index contributed by atoms with van der Waals surface area (Å²) in [5, 5.41) is 5.31. The van der Waals surface area contributed by atoms with E-state index in [1.165, 1.54) is 11.0 Å².